The molecule has 0 bridgehead atoms. The minimum absolute atomic E-state index is 0.0174. The summed E-state index contributed by atoms with van der Waals surface area (Å²) in [5.41, 5.74) is 0.0394. The van der Waals surface area contributed by atoms with Crippen molar-refractivity contribution in [2.45, 2.75) is 0 Å². The highest BCUT2D eigenvalue weighted by Crippen LogP contribution is 2.25. The Morgan fingerprint density at radius 2 is 2.00 bits per heavy atom. The number of hydrogen-bond donors (Lipinski definition) is 2. The number of rotatable bonds is 2. The van der Waals surface area contributed by atoms with Crippen molar-refractivity contribution >= 4 is 39.1 Å². The molecule has 0 aliphatic carbocycles. The molecule has 3 nitrogen and oxygen atoms in total. The van der Waals surface area contributed by atoms with Crippen molar-refractivity contribution < 1.29 is 14.3 Å². The molecule has 2 aromatic carbocycles. The fraction of sp³-hybridized carbons (Fsp3) is 0. The number of phenols is 1. The molecule has 0 atom stereocenters. The van der Waals surface area contributed by atoms with Crippen LogP contribution in [0.5, 0.6) is 5.75 Å². The quantitative estimate of drug-likeness (QED) is 0.858. The highest BCUT2D eigenvalue weighted by Gasteiger charge is 2.13. The maximum Gasteiger partial charge on any atom is 0.259 e. The van der Waals surface area contributed by atoms with Crippen molar-refractivity contribution in [2.24, 2.45) is 0 Å². The number of carbonyl (C=O) groups excluding carboxylic acids is 1. The lowest BCUT2D eigenvalue weighted by molar-refractivity contribution is 0.102. The maximum atomic E-state index is 13.5. The molecular weight excluding hydrogens is 337 g/mol. The monoisotopic (exact) mass is 343 g/mol. The van der Waals surface area contributed by atoms with Gasteiger partial charge in [0.05, 0.1) is 11.3 Å². The summed E-state index contributed by atoms with van der Waals surface area (Å²) in [7, 11) is 0. The average molecular weight is 345 g/mol. The molecule has 0 aliphatic rings. The Morgan fingerprint density at radius 3 is 2.68 bits per heavy atom. The second-order valence-corrected chi connectivity index (χ2v) is 5.09. The van der Waals surface area contributed by atoms with Crippen molar-refractivity contribution in [3.05, 3.63) is 57.3 Å². The molecule has 0 aromatic heterocycles. The largest absolute Gasteiger partial charge is 0.507 e. The van der Waals surface area contributed by atoms with E-state index in [0.717, 1.165) is 0 Å². The predicted octanol–water partition coefficient (Wildman–Crippen LogP) is 4.20. The van der Waals surface area contributed by atoms with Crippen LogP contribution in [0.4, 0.5) is 10.1 Å². The van der Waals surface area contributed by atoms with Gasteiger partial charge in [-0.25, -0.2) is 4.39 Å². The molecule has 0 saturated heterocycles. The van der Waals surface area contributed by atoms with Gasteiger partial charge >= 0.3 is 0 Å². The van der Waals surface area contributed by atoms with Crippen LogP contribution in [0.25, 0.3) is 0 Å². The van der Waals surface area contributed by atoms with Crippen molar-refractivity contribution in [3.63, 3.8) is 0 Å². The van der Waals surface area contributed by atoms with Crippen molar-refractivity contribution in [3.8, 4) is 5.75 Å². The molecule has 2 aromatic rings. The van der Waals surface area contributed by atoms with Crippen molar-refractivity contribution in [1.82, 2.24) is 0 Å². The van der Waals surface area contributed by atoms with Gasteiger partial charge in [0.25, 0.3) is 5.91 Å². The highest BCUT2D eigenvalue weighted by molar-refractivity contribution is 9.10. The van der Waals surface area contributed by atoms with Crippen LogP contribution >= 0.6 is 27.5 Å². The van der Waals surface area contributed by atoms with Gasteiger partial charge in [0, 0.05) is 9.50 Å². The van der Waals surface area contributed by atoms with E-state index in [1.165, 1.54) is 36.4 Å². The van der Waals surface area contributed by atoms with Crippen LogP contribution in [-0.4, -0.2) is 11.0 Å². The van der Waals surface area contributed by atoms with Gasteiger partial charge < -0.3 is 10.4 Å². The zero-order valence-corrected chi connectivity index (χ0v) is 11.8. The fourth-order valence-electron chi connectivity index (χ4n) is 1.48. The summed E-state index contributed by atoms with van der Waals surface area (Å²) in [5, 5.41) is 12.3. The number of benzene rings is 2. The SMILES string of the molecule is O=C(Nc1cc(Br)ccc1F)c1ccc(Cl)cc1O. The lowest BCUT2D eigenvalue weighted by Crippen LogP contribution is -2.13. The summed E-state index contributed by atoms with van der Waals surface area (Å²) in [6, 6.07) is 8.25. The van der Waals surface area contributed by atoms with E-state index in [1.54, 1.807) is 0 Å². The third-order valence-electron chi connectivity index (χ3n) is 2.38. The Morgan fingerprint density at radius 1 is 1.26 bits per heavy atom. The third-order valence-corrected chi connectivity index (χ3v) is 3.11. The molecule has 19 heavy (non-hydrogen) atoms. The van der Waals surface area contributed by atoms with Gasteiger partial charge in [0.1, 0.15) is 11.6 Å². The Hall–Kier alpha value is -1.59. The van der Waals surface area contributed by atoms with Gasteiger partial charge in [0.2, 0.25) is 0 Å². The number of hydrogen-bond acceptors (Lipinski definition) is 2. The second kappa shape index (κ2) is 5.59. The molecule has 0 fully saturated rings. The van der Waals surface area contributed by atoms with Gasteiger partial charge in [-0.05, 0) is 36.4 Å². The van der Waals surface area contributed by atoms with E-state index in [4.69, 9.17) is 11.6 Å². The predicted molar refractivity (Wildman–Crippen MR) is 75.2 cm³/mol. The zero-order valence-electron chi connectivity index (χ0n) is 9.45. The Bertz CT molecular complexity index is 649. The topological polar surface area (TPSA) is 49.3 Å². The normalized spacial score (nSPS) is 10.3. The number of amides is 1. The van der Waals surface area contributed by atoms with Gasteiger partial charge in [0.15, 0.2) is 0 Å². The van der Waals surface area contributed by atoms with Crippen molar-refractivity contribution in [2.75, 3.05) is 5.32 Å². The molecule has 0 saturated carbocycles. The first-order valence-corrected chi connectivity index (χ1v) is 6.39. The van der Waals surface area contributed by atoms with E-state index < -0.39 is 11.7 Å². The van der Waals surface area contributed by atoms with E-state index >= 15 is 0 Å². The van der Waals surface area contributed by atoms with E-state index in [-0.39, 0.29) is 17.0 Å². The summed E-state index contributed by atoms with van der Waals surface area (Å²) >= 11 is 8.85. The number of aromatic hydroxyl groups is 1. The van der Waals surface area contributed by atoms with Crippen LogP contribution < -0.4 is 5.32 Å². The molecule has 6 heteroatoms. The van der Waals surface area contributed by atoms with Gasteiger partial charge in [-0.15, -0.1) is 0 Å². The summed E-state index contributed by atoms with van der Waals surface area (Å²) < 4.78 is 14.1. The minimum Gasteiger partial charge on any atom is -0.507 e. The number of carbonyl (C=O) groups is 1. The molecule has 1 amide bonds. The van der Waals surface area contributed by atoms with E-state index in [9.17, 15) is 14.3 Å². The third kappa shape index (κ3) is 3.24. The van der Waals surface area contributed by atoms with Gasteiger partial charge in [-0.2, -0.15) is 0 Å². The van der Waals surface area contributed by atoms with Crippen molar-refractivity contribution in [1.29, 1.82) is 0 Å². The molecule has 0 radical (unpaired) electrons. The minimum atomic E-state index is -0.619. The lowest BCUT2D eigenvalue weighted by Gasteiger charge is -2.08. The summed E-state index contributed by atoms with van der Waals surface area (Å²) in [5.74, 6) is -1.45. The molecule has 0 aliphatic heterocycles. The Kier molecular flexibility index (Phi) is 4.07. The van der Waals surface area contributed by atoms with Gasteiger partial charge in [-0.1, -0.05) is 27.5 Å². The van der Waals surface area contributed by atoms with E-state index in [2.05, 4.69) is 21.2 Å². The molecule has 2 N–H and O–H groups in total. The van der Waals surface area contributed by atoms with E-state index in [0.29, 0.717) is 9.50 Å². The average Bonchev–Trinajstić information content (AvgIpc) is 2.33. The Balaban J connectivity index is 2.28. The summed E-state index contributed by atoms with van der Waals surface area (Å²) in [4.78, 5) is 11.9. The molecule has 2 rings (SSSR count). The standard InChI is InChI=1S/C13H8BrClFNO2/c14-7-1-4-10(16)11(5-7)17-13(19)9-3-2-8(15)6-12(9)18/h1-6,18H,(H,17,19). The fourth-order valence-corrected chi connectivity index (χ4v) is 2.01. The first kappa shape index (κ1) is 13.8. The van der Waals surface area contributed by atoms with Crippen LogP contribution in [-0.2, 0) is 0 Å². The van der Waals surface area contributed by atoms with Crippen LogP contribution in [0, 0.1) is 5.82 Å². The first-order chi connectivity index (χ1) is 8.97. The molecule has 0 heterocycles. The zero-order chi connectivity index (χ0) is 14.0. The van der Waals surface area contributed by atoms with Crippen LogP contribution in [0.1, 0.15) is 10.4 Å². The summed E-state index contributed by atoms with van der Waals surface area (Å²) in [6.07, 6.45) is 0. The lowest BCUT2D eigenvalue weighted by atomic mass is 10.2. The number of phenolic OH excluding ortho intramolecular Hbond substituents is 1. The first-order valence-electron chi connectivity index (χ1n) is 5.22. The smallest absolute Gasteiger partial charge is 0.259 e. The molecule has 0 spiro atoms. The van der Waals surface area contributed by atoms with E-state index in [1.807, 2.05) is 0 Å². The summed E-state index contributed by atoms with van der Waals surface area (Å²) in [6.45, 7) is 0. The van der Waals surface area contributed by atoms with Gasteiger partial charge in [-0.3, -0.25) is 4.79 Å². The number of nitrogens with one attached hydrogen (secondary N) is 1. The maximum absolute atomic E-state index is 13.5. The van der Waals surface area contributed by atoms with Crippen LogP contribution in [0.3, 0.4) is 0 Å². The number of halogens is 3. The Labute approximate surface area is 122 Å². The van der Waals surface area contributed by atoms with Crippen LogP contribution in [0.15, 0.2) is 40.9 Å². The molecule has 0 unspecified atom stereocenters. The highest BCUT2D eigenvalue weighted by atomic mass is 79.9. The molecule has 98 valence electrons. The number of anilines is 1. The van der Waals surface area contributed by atoms with Crippen LogP contribution in [0.2, 0.25) is 5.02 Å². The molecular formula is C13H8BrClFNO2. The second-order valence-electron chi connectivity index (χ2n) is 3.74.